The van der Waals surface area contributed by atoms with Crippen molar-refractivity contribution in [3.8, 4) is 5.69 Å². The molecular formula is C21H21N3OS. The fourth-order valence-electron chi connectivity index (χ4n) is 3.71. The Morgan fingerprint density at radius 1 is 1.23 bits per heavy atom. The van der Waals surface area contributed by atoms with E-state index in [1.807, 2.05) is 28.7 Å². The quantitative estimate of drug-likeness (QED) is 0.824. The molecular weight excluding hydrogens is 342 g/mol. The zero-order chi connectivity index (χ0) is 17.6. The van der Waals surface area contributed by atoms with Crippen LogP contribution in [0.5, 0.6) is 0 Å². The third-order valence-corrected chi connectivity index (χ3v) is 6.31. The summed E-state index contributed by atoms with van der Waals surface area (Å²) < 4.78 is 7.36. The molecule has 0 spiro atoms. The summed E-state index contributed by atoms with van der Waals surface area (Å²) >= 11 is 1.95. The van der Waals surface area contributed by atoms with Gasteiger partial charge in [-0.3, -0.25) is 0 Å². The highest BCUT2D eigenvalue weighted by Crippen LogP contribution is 2.44. The highest BCUT2D eigenvalue weighted by molar-refractivity contribution is 8.03. The molecule has 0 unspecified atom stereocenters. The third kappa shape index (κ3) is 2.63. The molecule has 0 atom stereocenters. The predicted molar refractivity (Wildman–Crippen MR) is 105 cm³/mol. The largest absolute Gasteiger partial charge is 0.376 e. The Morgan fingerprint density at radius 3 is 2.77 bits per heavy atom. The van der Waals surface area contributed by atoms with E-state index in [4.69, 9.17) is 4.74 Å². The number of rotatable bonds is 4. The van der Waals surface area contributed by atoms with Crippen molar-refractivity contribution < 1.29 is 4.74 Å². The van der Waals surface area contributed by atoms with E-state index in [-0.39, 0.29) is 5.54 Å². The number of benzene rings is 1. The number of nitrogens with zero attached hydrogens (tertiary/aromatic N) is 3. The minimum atomic E-state index is 0.107. The molecule has 3 aliphatic rings. The fraction of sp³-hybridized carbons (Fsp3) is 0.286. The van der Waals surface area contributed by atoms with Crippen molar-refractivity contribution in [3.05, 3.63) is 82.8 Å². The summed E-state index contributed by atoms with van der Waals surface area (Å²) in [5, 5.41) is 4.29. The average Bonchev–Trinajstić information content (AvgIpc) is 3.33. The molecule has 4 heterocycles. The van der Waals surface area contributed by atoms with Gasteiger partial charge in [-0.2, -0.15) is 5.10 Å². The molecule has 4 nitrogen and oxygen atoms in total. The first-order valence-corrected chi connectivity index (χ1v) is 9.92. The van der Waals surface area contributed by atoms with E-state index in [0.29, 0.717) is 0 Å². The first kappa shape index (κ1) is 16.0. The Labute approximate surface area is 157 Å². The number of hydrogen-bond acceptors (Lipinski definition) is 4. The lowest BCUT2D eigenvalue weighted by molar-refractivity contribution is -0.103. The molecule has 0 bridgehead atoms. The van der Waals surface area contributed by atoms with Gasteiger partial charge in [0.15, 0.2) is 0 Å². The van der Waals surface area contributed by atoms with Crippen LogP contribution in [-0.4, -0.2) is 39.2 Å². The van der Waals surface area contributed by atoms with Crippen LogP contribution in [0.3, 0.4) is 0 Å². The SMILES string of the molecule is CC1(N2C=CC(Cc3ccc(-n4cccn4)cc3)=C3SCC=C32)COC1. The second kappa shape index (κ2) is 6.18. The molecule has 0 saturated carbocycles. The van der Waals surface area contributed by atoms with Gasteiger partial charge in [-0.15, -0.1) is 11.8 Å². The van der Waals surface area contributed by atoms with Crippen molar-refractivity contribution in [1.82, 2.24) is 14.7 Å². The normalized spacial score (nSPS) is 20.8. The molecule has 3 aliphatic heterocycles. The number of allylic oxidation sites excluding steroid dienone is 2. The maximum absolute atomic E-state index is 5.47. The summed E-state index contributed by atoms with van der Waals surface area (Å²) in [6.07, 6.45) is 11.6. The average molecular weight is 363 g/mol. The van der Waals surface area contributed by atoms with Crippen LogP contribution in [-0.2, 0) is 11.2 Å². The predicted octanol–water partition coefficient (Wildman–Crippen LogP) is 3.92. The van der Waals surface area contributed by atoms with E-state index in [2.05, 4.69) is 59.5 Å². The van der Waals surface area contributed by atoms with Gasteiger partial charge >= 0.3 is 0 Å². The van der Waals surface area contributed by atoms with Gasteiger partial charge in [0, 0.05) is 29.3 Å². The van der Waals surface area contributed by atoms with E-state index < -0.39 is 0 Å². The maximum atomic E-state index is 5.47. The summed E-state index contributed by atoms with van der Waals surface area (Å²) in [6, 6.07) is 10.6. The number of hydrogen-bond donors (Lipinski definition) is 0. The van der Waals surface area contributed by atoms with Crippen LogP contribution in [0.1, 0.15) is 12.5 Å². The zero-order valence-corrected chi connectivity index (χ0v) is 15.6. The number of fused-ring (bicyclic) bond motifs is 1. The van der Waals surface area contributed by atoms with Crippen LogP contribution in [0.15, 0.2) is 77.3 Å². The van der Waals surface area contributed by atoms with Crippen LogP contribution in [0.4, 0.5) is 0 Å². The molecule has 1 aromatic heterocycles. The van der Waals surface area contributed by atoms with E-state index >= 15 is 0 Å². The molecule has 26 heavy (non-hydrogen) atoms. The van der Waals surface area contributed by atoms with Gasteiger partial charge in [0.25, 0.3) is 0 Å². The van der Waals surface area contributed by atoms with Gasteiger partial charge in [-0.25, -0.2) is 4.68 Å². The van der Waals surface area contributed by atoms with Gasteiger partial charge in [-0.05, 0) is 54.8 Å². The Balaban J connectivity index is 1.38. The lowest BCUT2D eigenvalue weighted by atomic mass is 9.94. The van der Waals surface area contributed by atoms with Crippen molar-refractivity contribution in [2.45, 2.75) is 18.9 Å². The molecule has 5 rings (SSSR count). The summed E-state index contributed by atoms with van der Waals surface area (Å²) in [5.41, 5.74) is 5.30. The summed E-state index contributed by atoms with van der Waals surface area (Å²) in [7, 11) is 0. The Morgan fingerprint density at radius 2 is 2.08 bits per heavy atom. The van der Waals surface area contributed by atoms with Crippen LogP contribution in [0, 0.1) is 0 Å². The molecule has 0 N–H and O–H groups in total. The molecule has 0 aliphatic carbocycles. The number of ether oxygens (including phenoxy) is 1. The first-order chi connectivity index (χ1) is 12.7. The summed E-state index contributed by atoms with van der Waals surface area (Å²) in [6.45, 7) is 3.88. The third-order valence-electron chi connectivity index (χ3n) is 5.22. The van der Waals surface area contributed by atoms with Crippen LogP contribution in [0.25, 0.3) is 5.69 Å². The molecule has 0 radical (unpaired) electrons. The first-order valence-electron chi connectivity index (χ1n) is 8.94. The van der Waals surface area contributed by atoms with Gasteiger partial charge in [0.1, 0.15) is 0 Å². The van der Waals surface area contributed by atoms with E-state index in [9.17, 15) is 0 Å². The monoisotopic (exact) mass is 363 g/mol. The second-order valence-electron chi connectivity index (χ2n) is 7.22. The Hall–Kier alpha value is -2.24. The summed E-state index contributed by atoms with van der Waals surface area (Å²) in [5.74, 6) is 1.06. The molecule has 1 fully saturated rings. The van der Waals surface area contributed by atoms with Crippen molar-refractivity contribution in [3.63, 3.8) is 0 Å². The molecule has 132 valence electrons. The molecule has 1 saturated heterocycles. The standard InChI is InChI=1S/C21H21N3OS/c1-21(14-25-15-21)23-11-7-17(20-19(23)8-12-26-20)13-16-3-5-18(6-4-16)24-10-2-9-22-24/h2-11H,12-15H2,1H3. The van der Waals surface area contributed by atoms with Crippen molar-refractivity contribution in [2.24, 2.45) is 0 Å². The van der Waals surface area contributed by atoms with E-state index in [1.54, 1.807) is 6.20 Å². The topological polar surface area (TPSA) is 30.3 Å². The van der Waals surface area contributed by atoms with Gasteiger partial charge in [0.05, 0.1) is 30.1 Å². The minimum Gasteiger partial charge on any atom is -0.376 e. The molecule has 5 heteroatoms. The van der Waals surface area contributed by atoms with Crippen LogP contribution < -0.4 is 0 Å². The van der Waals surface area contributed by atoms with Crippen LogP contribution in [0.2, 0.25) is 0 Å². The number of thioether (sulfide) groups is 1. The Bertz CT molecular complexity index is 905. The van der Waals surface area contributed by atoms with E-state index in [1.165, 1.54) is 21.7 Å². The molecule has 0 amide bonds. The zero-order valence-electron chi connectivity index (χ0n) is 14.8. The lowest BCUT2D eigenvalue weighted by Crippen LogP contribution is -2.58. The van der Waals surface area contributed by atoms with Gasteiger partial charge in [-0.1, -0.05) is 12.1 Å². The molecule has 2 aromatic rings. The highest BCUT2D eigenvalue weighted by Gasteiger charge is 2.42. The summed E-state index contributed by atoms with van der Waals surface area (Å²) in [4.78, 5) is 3.84. The van der Waals surface area contributed by atoms with Gasteiger partial charge < -0.3 is 9.64 Å². The highest BCUT2D eigenvalue weighted by atomic mass is 32.2. The van der Waals surface area contributed by atoms with Crippen LogP contribution >= 0.6 is 11.8 Å². The minimum absolute atomic E-state index is 0.107. The maximum Gasteiger partial charge on any atom is 0.0882 e. The van der Waals surface area contributed by atoms with Gasteiger partial charge in [0.2, 0.25) is 0 Å². The smallest absolute Gasteiger partial charge is 0.0882 e. The Kier molecular flexibility index (Phi) is 3.80. The van der Waals surface area contributed by atoms with Crippen molar-refractivity contribution in [2.75, 3.05) is 19.0 Å². The van der Waals surface area contributed by atoms with Crippen molar-refractivity contribution >= 4 is 11.8 Å². The van der Waals surface area contributed by atoms with E-state index in [0.717, 1.165) is 31.1 Å². The number of aromatic nitrogens is 2. The fourth-order valence-corrected chi connectivity index (χ4v) is 4.77. The lowest BCUT2D eigenvalue weighted by Gasteiger charge is -2.48. The second-order valence-corrected chi connectivity index (χ2v) is 8.25. The van der Waals surface area contributed by atoms with Crippen molar-refractivity contribution in [1.29, 1.82) is 0 Å². The molecule has 1 aromatic carbocycles.